The molecule has 0 unspecified atom stereocenters. The van der Waals surface area contributed by atoms with Crippen LogP contribution in [0.3, 0.4) is 0 Å². The van der Waals surface area contributed by atoms with Gasteiger partial charge in [-0.1, -0.05) is 46.8 Å². The van der Waals surface area contributed by atoms with Crippen molar-refractivity contribution in [2.45, 2.75) is 20.8 Å². The van der Waals surface area contributed by atoms with Gasteiger partial charge in [-0.15, -0.1) is 41.0 Å². The zero-order chi connectivity index (χ0) is 22.0. The van der Waals surface area contributed by atoms with Crippen LogP contribution in [0.2, 0.25) is 0 Å². The Morgan fingerprint density at radius 3 is 2.47 bits per heavy atom. The Morgan fingerprint density at radius 2 is 1.75 bits per heavy atom. The second-order valence-corrected chi connectivity index (χ2v) is 8.36. The second kappa shape index (κ2) is 10.2. The van der Waals surface area contributed by atoms with Gasteiger partial charge in [0.2, 0.25) is 0 Å². The molecule has 3 aromatic carbocycles. The molecule has 0 amide bonds. The normalized spacial score (nSPS) is 11.2. The first kappa shape index (κ1) is 23.8. The number of carbonyl (C=O) groups is 1. The van der Waals surface area contributed by atoms with Gasteiger partial charge in [0.15, 0.2) is 5.78 Å². The number of pyridine rings is 1. The summed E-state index contributed by atoms with van der Waals surface area (Å²) in [7, 11) is 0. The van der Waals surface area contributed by atoms with Crippen LogP contribution in [0.25, 0.3) is 43.0 Å². The zero-order valence-corrected chi connectivity index (χ0v) is 21.2. The summed E-state index contributed by atoms with van der Waals surface area (Å²) in [6.45, 7) is 4.99. The Kier molecular flexibility index (Phi) is 7.57. The van der Waals surface area contributed by atoms with Crippen molar-refractivity contribution >= 4 is 48.9 Å². The van der Waals surface area contributed by atoms with Crippen LogP contribution >= 0.6 is 11.3 Å². The summed E-state index contributed by atoms with van der Waals surface area (Å²) < 4.78 is 1.23. The maximum absolute atomic E-state index is 10.0. The van der Waals surface area contributed by atoms with E-state index in [0.717, 1.165) is 22.2 Å². The fourth-order valence-corrected chi connectivity index (χ4v) is 4.57. The van der Waals surface area contributed by atoms with E-state index in [1.807, 2.05) is 6.07 Å². The van der Waals surface area contributed by atoms with Gasteiger partial charge in [-0.05, 0) is 43.7 Å². The molecule has 2 aromatic heterocycles. The first-order chi connectivity index (χ1) is 14.9. The Labute approximate surface area is 204 Å². The molecule has 0 fully saturated rings. The van der Waals surface area contributed by atoms with Gasteiger partial charge in [0, 0.05) is 42.0 Å². The Morgan fingerprint density at radius 1 is 0.969 bits per heavy atom. The van der Waals surface area contributed by atoms with Gasteiger partial charge in [0.05, 0.1) is 11.3 Å². The SMILES string of the molecule is CC(=O)/C=C(/C)O.Cc1cccc2[c-]c(-c3nc4ccccc4c4ccsc34)ccc12.[Ir]. The summed E-state index contributed by atoms with van der Waals surface area (Å²) >= 11 is 1.75. The third kappa shape index (κ3) is 4.96. The maximum Gasteiger partial charge on any atom is 0.155 e. The number of thiophene rings is 1. The van der Waals surface area contributed by atoms with E-state index >= 15 is 0 Å². The first-order valence-electron chi connectivity index (χ1n) is 10.00. The van der Waals surface area contributed by atoms with Crippen LogP contribution in [0.4, 0.5) is 0 Å². The molecular formula is C27H22IrNO2S-. The monoisotopic (exact) mass is 617 g/mol. The van der Waals surface area contributed by atoms with Crippen molar-refractivity contribution in [1.29, 1.82) is 0 Å². The van der Waals surface area contributed by atoms with Crippen molar-refractivity contribution in [3.63, 3.8) is 0 Å². The van der Waals surface area contributed by atoms with Crippen molar-refractivity contribution in [3.05, 3.63) is 89.5 Å². The van der Waals surface area contributed by atoms with Crippen molar-refractivity contribution in [2.75, 3.05) is 0 Å². The molecule has 0 aliphatic heterocycles. The van der Waals surface area contributed by atoms with Gasteiger partial charge >= 0.3 is 0 Å². The molecule has 32 heavy (non-hydrogen) atoms. The van der Waals surface area contributed by atoms with E-state index in [9.17, 15) is 4.79 Å². The molecule has 0 spiro atoms. The number of aliphatic hydroxyl groups excluding tert-OH is 1. The fraction of sp³-hybridized carbons (Fsp3) is 0.111. The number of para-hydroxylation sites is 1. The predicted molar refractivity (Wildman–Crippen MR) is 131 cm³/mol. The Bertz CT molecular complexity index is 1450. The largest absolute Gasteiger partial charge is 0.512 e. The molecule has 3 nitrogen and oxygen atoms in total. The summed E-state index contributed by atoms with van der Waals surface area (Å²) in [6, 6.07) is 24.8. The standard InChI is InChI=1S/C22H14NS.C5H8O2.Ir/c1-14-5-4-6-15-13-16(9-10-17(14)15)21-22-19(11-12-24-22)18-7-2-3-8-20(18)23-21;1-4(6)3-5(2)7;/h2-12H,1H3;3,6H,1-2H3;/q-1;;/b;4-3-;. The Balaban J connectivity index is 0.000000318. The topological polar surface area (TPSA) is 50.2 Å². The van der Waals surface area contributed by atoms with Crippen molar-refractivity contribution in [3.8, 4) is 11.3 Å². The number of aromatic nitrogens is 1. The van der Waals surface area contributed by atoms with E-state index in [2.05, 4.69) is 73.0 Å². The molecule has 1 radical (unpaired) electrons. The summed E-state index contributed by atoms with van der Waals surface area (Å²) in [5.41, 5.74) is 4.41. The summed E-state index contributed by atoms with van der Waals surface area (Å²) in [4.78, 5) is 15.0. The molecule has 0 atom stereocenters. The summed E-state index contributed by atoms with van der Waals surface area (Å²) in [5, 5.41) is 15.4. The van der Waals surface area contributed by atoms with E-state index in [-0.39, 0.29) is 31.6 Å². The summed E-state index contributed by atoms with van der Waals surface area (Å²) in [5.74, 6) is -0.0625. The predicted octanol–water partition coefficient (Wildman–Crippen LogP) is 7.41. The number of ketones is 1. The van der Waals surface area contributed by atoms with E-state index in [1.165, 1.54) is 46.3 Å². The molecule has 5 aromatic rings. The molecule has 1 N–H and O–H groups in total. The number of fused-ring (bicyclic) bond motifs is 4. The average molecular weight is 617 g/mol. The van der Waals surface area contributed by atoms with Crippen LogP contribution < -0.4 is 0 Å². The van der Waals surface area contributed by atoms with Crippen molar-refractivity contribution in [2.24, 2.45) is 0 Å². The maximum atomic E-state index is 10.0. The van der Waals surface area contributed by atoms with Crippen LogP contribution in [0.15, 0.2) is 77.9 Å². The van der Waals surface area contributed by atoms with Gasteiger partial charge in [0.1, 0.15) is 0 Å². The van der Waals surface area contributed by atoms with E-state index in [4.69, 9.17) is 10.1 Å². The van der Waals surface area contributed by atoms with Gasteiger partial charge < -0.3 is 5.11 Å². The number of hydrogen-bond acceptors (Lipinski definition) is 4. The molecule has 0 aliphatic carbocycles. The van der Waals surface area contributed by atoms with E-state index in [0.29, 0.717) is 0 Å². The minimum absolute atomic E-state index is 0. The Hall–Kier alpha value is -2.85. The summed E-state index contributed by atoms with van der Waals surface area (Å²) in [6.07, 6.45) is 1.17. The molecule has 0 bridgehead atoms. The minimum atomic E-state index is -0.125. The third-order valence-electron chi connectivity index (χ3n) is 4.98. The molecule has 5 heteroatoms. The first-order valence-corrected chi connectivity index (χ1v) is 10.9. The molecule has 0 saturated heterocycles. The number of allylic oxidation sites excluding steroid dienone is 2. The number of aryl methyl sites for hydroxylation is 1. The number of rotatable bonds is 2. The number of aliphatic hydroxyl groups is 1. The second-order valence-electron chi connectivity index (χ2n) is 7.45. The van der Waals surface area contributed by atoms with Gasteiger partial charge in [-0.2, -0.15) is 0 Å². The molecule has 5 rings (SSSR count). The number of carbonyl (C=O) groups excluding carboxylic acids is 1. The van der Waals surface area contributed by atoms with Gasteiger partial charge in [-0.25, -0.2) is 0 Å². The minimum Gasteiger partial charge on any atom is -0.512 e. The van der Waals surface area contributed by atoms with Crippen molar-refractivity contribution in [1.82, 2.24) is 4.98 Å². The smallest absolute Gasteiger partial charge is 0.155 e. The third-order valence-corrected chi connectivity index (χ3v) is 5.91. The van der Waals surface area contributed by atoms with Gasteiger partial charge in [-0.3, -0.25) is 9.78 Å². The van der Waals surface area contributed by atoms with E-state index in [1.54, 1.807) is 11.3 Å². The molecule has 0 aliphatic rings. The number of benzene rings is 3. The average Bonchev–Trinajstić information content (AvgIpc) is 3.23. The molecule has 0 saturated carbocycles. The zero-order valence-electron chi connectivity index (χ0n) is 18.0. The number of hydrogen-bond donors (Lipinski definition) is 1. The van der Waals surface area contributed by atoms with Crippen LogP contribution in [-0.4, -0.2) is 15.9 Å². The van der Waals surface area contributed by atoms with Crippen LogP contribution in [-0.2, 0) is 24.9 Å². The van der Waals surface area contributed by atoms with Crippen LogP contribution in [0.5, 0.6) is 0 Å². The van der Waals surface area contributed by atoms with Gasteiger partial charge in [0.25, 0.3) is 0 Å². The quantitative estimate of drug-likeness (QED) is 0.128. The fourth-order valence-electron chi connectivity index (χ4n) is 3.65. The molecule has 2 heterocycles. The van der Waals surface area contributed by atoms with E-state index < -0.39 is 0 Å². The van der Waals surface area contributed by atoms with Crippen molar-refractivity contribution < 1.29 is 30.0 Å². The van der Waals surface area contributed by atoms with Crippen LogP contribution in [0, 0.1) is 13.0 Å². The molecular weight excluding hydrogens is 595 g/mol. The number of nitrogens with zero attached hydrogens (tertiary/aromatic N) is 1. The molecule has 163 valence electrons. The van der Waals surface area contributed by atoms with Crippen LogP contribution in [0.1, 0.15) is 19.4 Å².